The Morgan fingerprint density at radius 1 is 1.50 bits per heavy atom. The lowest BCUT2D eigenvalue weighted by Gasteiger charge is -2.36. The third kappa shape index (κ3) is 2.72. The number of nitrogens with zero attached hydrogens (tertiary/aromatic N) is 2. The highest BCUT2D eigenvalue weighted by Gasteiger charge is 2.41. The number of aromatic nitrogens is 2. The highest BCUT2D eigenvalue weighted by Crippen LogP contribution is 2.37. The normalized spacial score (nSPS) is 19.4. The molecule has 1 saturated carbocycles. The van der Waals surface area contributed by atoms with E-state index in [-0.39, 0.29) is 11.6 Å². The smallest absolute Gasteiger partial charge is 0.0850 e. The fourth-order valence-corrected chi connectivity index (χ4v) is 3.67. The number of ether oxygens (including phenoxy) is 1. The van der Waals surface area contributed by atoms with Crippen molar-refractivity contribution in [3.05, 3.63) is 16.4 Å². The summed E-state index contributed by atoms with van der Waals surface area (Å²) in [5.41, 5.74) is 4.72. The minimum absolute atomic E-state index is 0.0487. The SMILES string of the molecule is CCc1nn(C)c(CC(NN)C2(OC)CCCC2)c1Cl. The summed E-state index contributed by atoms with van der Waals surface area (Å²) in [7, 11) is 3.71. The van der Waals surface area contributed by atoms with Crippen LogP contribution in [0.25, 0.3) is 0 Å². The largest absolute Gasteiger partial charge is 0.377 e. The van der Waals surface area contributed by atoms with Crippen molar-refractivity contribution in [1.82, 2.24) is 15.2 Å². The van der Waals surface area contributed by atoms with Gasteiger partial charge in [-0.1, -0.05) is 31.4 Å². The number of aryl methyl sites for hydroxylation is 2. The fourth-order valence-electron chi connectivity index (χ4n) is 3.30. The van der Waals surface area contributed by atoms with Gasteiger partial charge in [-0.2, -0.15) is 5.10 Å². The van der Waals surface area contributed by atoms with E-state index >= 15 is 0 Å². The Labute approximate surface area is 125 Å². The topological polar surface area (TPSA) is 65.1 Å². The van der Waals surface area contributed by atoms with Crippen molar-refractivity contribution >= 4 is 11.6 Å². The van der Waals surface area contributed by atoms with Crippen LogP contribution in [0.3, 0.4) is 0 Å². The predicted molar refractivity (Wildman–Crippen MR) is 80.6 cm³/mol. The van der Waals surface area contributed by atoms with E-state index < -0.39 is 0 Å². The van der Waals surface area contributed by atoms with E-state index in [1.54, 1.807) is 7.11 Å². The van der Waals surface area contributed by atoms with E-state index in [9.17, 15) is 0 Å². The Morgan fingerprint density at radius 3 is 2.60 bits per heavy atom. The molecular weight excluding hydrogens is 276 g/mol. The van der Waals surface area contributed by atoms with Gasteiger partial charge in [-0.15, -0.1) is 0 Å². The van der Waals surface area contributed by atoms with Gasteiger partial charge in [0, 0.05) is 20.6 Å². The highest BCUT2D eigenvalue weighted by atomic mass is 35.5. The van der Waals surface area contributed by atoms with Gasteiger partial charge in [0.15, 0.2) is 0 Å². The van der Waals surface area contributed by atoms with Crippen LogP contribution in [0.5, 0.6) is 0 Å². The summed E-state index contributed by atoms with van der Waals surface area (Å²) in [4.78, 5) is 0. The molecule has 1 aliphatic rings. The Bertz CT molecular complexity index is 454. The number of nitrogens with two attached hydrogens (primary N) is 1. The Morgan fingerprint density at radius 2 is 2.15 bits per heavy atom. The fraction of sp³-hybridized carbons (Fsp3) is 0.786. The maximum Gasteiger partial charge on any atom is 0.0850 e. The lowest BCUT2D eigenvalue weighted by molar-refractivity contribution is -0.0359. The summed E-state index contributed by atoms with van der Waals surface area (Å²) in [6.07, 6.45) is 6.01. The van der Waals surface area contributed by atoms with Crippen LogP contribution in [0.15, 0.2) is 0 Å². The minimum atomic E-state index is -0.186. The zero-order chi connectivity index (χ0) is 14.8. The third-order valence-electron chi connectivity index (χ3n) is 4.59. The van der Waals surface area contributed by atoms with E-state index in [0.29, 0.717) is 0 Å². The summed E-state index contributed by atoms with van der Waals surface area (Å²) in [5, 5.41) is 5.23. The molecular formula is C14H25ClN4O. The first-order chi connectivity index (χ1) is 9.57. The van der Waals surface area contributed by atoms with Crippen molar-refractivity contribution in [2.45, 2.75) is 57.1 Å². The number of halogens is 1. The zero-order valence-corrected chi connectivity index (χ0v) is 13.3. The summed E-state index contributed by atoms with van der Waals surface area (Å²) in [5.74, 6) is 5.80. The molecule has 0 spiro atoms. The molecule has 0 aromatic carbocycles. The van der Waals surface area contributed by atoms with Crippen molar-refractivity contribution in [2.75, 3.05) is 7.11 Å². The summed E-state index contributed by atoms with van der Waals surface area (Å²) in [6.45, 7) is 2.06. The van der Waals surface area contributed by atoms with Gasteiger partial charge in [-0.05, 0) is 19.3 Å². The van der Waals surface area contributed by atoms with E-state index in [2.05, 4.69) is 17.4 Å². The van der Waals surface area contributed by atoms with E-state index in [4.69, 9.17) is 22.2 Å². The Balaban J connectivity index is 2.24. The average molecular weight is 301 g/mol. The first-order valence-corrected chi connectivity index (χ1v) is 7.67. The molecule has 1 heterocycles. The predicted octanol–water partition coefficient (Wildman–Crippen LogP) is 1.97. The van der Waals surface area contributed by atoms with Gasteiger partial charge >= 0.3 is 0 Å². The van der Waals surface area contributed by atoms with Crippen LogP contribution >= 0.6 is 11.6 Å². The molecule has 0 radical (unpaired) electrons. The summed E-state index contributed by atoms with van der Waals surface area (Å²) >= 11 is 6.43. The van der Waals surface area contributed by atoms with Crippen molar-refractivity contribution in [2.24, 2.45) is 12.9 Å². The quantitative estimate of drug-likeness (QED) is 0.623. The van der Waals surface area contributed by atoms with Crippen molar-refractivity contribution in [1.29, 1.82) is 0 Å². The van der Waals surface area contributed by atoms with Crippen molar-refractivity contribution < 1.29 is 4.74 Å². The lowest BCUT2D eigenvalue weighted by atomic mass is 9.89. The second kappa shape index (κ2) is 6.43. The molecule has 1 unspecified atom stereocenters. The lowest BCUT2D eigenvalue weighted by Crippen LogP contribution is -2.54. The molecule has 1 aromatic rings. The van der Waals surface area contributed by atoms with Crippen LogP contribution in [0.4, 0.5) is 0 Å². The van der Waals surface area contributed by atoms with Crippen LogP contribution in [0, 0.1) is 0 Å². The molecule has 6 heteroatoms. The minimum Gasteiger partial charge on any atom is -0.377 e. The van der Waals surface area contributed by atoms with Gasteiger partial charge < -0.3 is 4.74 Å². The number of nitrogens with one attached hydrogen (secondary N) is 1. The third-order valence-corrected chi connectivity index (χ3v) is 5.03. The second-order valence-electron chi connectivity index (χ2n) is 5.58. The van der Waals surface area contributed by atoms with E-state index in [0.717, 1.165) is 42.1 Å². The van der Waals surface area contributed by atoms with Crippen LogP contribution in [0.1, 0.15) is 44.0 Å². The number of hydrogen-bond acceptors (Lipinski definition) is 4. The van der Waals surface area contributed by atoms with Gasteiger partial charge in [0.1, 0.15) is 0 Å². The van der Waals surface area contributed by atoms with Crippen LogP contribution in [-0.2, 0) is 24.6 Å². The van der Waals surface area contributed by atoms with Gasteiger partial charge in [0.05, 0.1) is 28.1 Å². The van der Waals surface area contributed by atoms with Crippen LogP contribution in [0.2, 0.25) is 5.02 Å². The monoisotopic (exact) mass is 300 g/mol. The second-order valence-corrected chi connectivity index (χ2v) is 5.96. The van der Waals surface area contributed by atoms with Crippen LogP contribution < -0.4 is 11.3 Å². The summed E-state index contributed by atoms with van der Waals surface area (Å²) < 4.78 is 7.69. The molecule has 1 aliphatic carbocycles. The van der Waals surface area contributed by atoms with E-state index in [1.807, 2.05) is 11.7 Å². The first kappa shape index (κ1) is 15.8. The van der Waals surface area contributed by atoms with Crippen molar-refractivity contribution in [3.8, 4) is 0 Å². The molecule has 114 valence electrons. The number of hydrogen-bond donors (Lipinski definition) is 2. The van der Waals surface area contributed by atoms with E-state index in [1.165, 1.54) is 12.8 Å². The molecule has 2 rings (SSSR count). The standard InChI is InChI=1S/C14H25ClN4O/c1-4-10-13(15)11(19(2)18-10)9-12(17-16)14(20-3)7-5-6-8-14/h12,17H,4-9,16H2,1-3H3. The maximum absolute atomic E-state index is 6.43. The molecule has 0 saturated heterocycles. The first-order valence-electron chi connectivity index (χ1n) is 7.29. The Hall–Kier alpha value is -0.620. The Kier molecular flexibility index (Phi) is 5.07. The zero-order valence-electron chi connectivity index (χ0n) is 12.6. The van der Waals surface area contributed by atoms with Gasteiger partial charge in [-0.25, -0.2) is 0 Å². The molecule has 20 heavy (non-hydrogen) atoms. The van der Waals surface area contributed by atoms with Crippen molar-refractivity contribution in [3.63, 3.8) is 0 Å². The molecule has 0 bridgehead atoms. The summed E-state index contributed by atoms with van der Waals surface area (Å²) in [6, 6.07) is 0.0487. The molecule has 3 N–H and O–H groups in total. The maximum atomic E-state index is 6.43. The highest BCUT2D eigenvalue weighted by molar-refractivity contribution is 6.31. The molecule has 1 fully saturated rings. The van der Waals surface area contributed by atoms with Gasteiger partial charge in [0.25, 0.3) is 0 Å². The van der Waals surface area contributed by atoms with Crippen LogP contribution in [-0.4, -0.2) is 28.5 Å². The number of hydrazine groups is 1. The molecule has 0 aliphatic heterocycles. The molecule has 1 atom stereocenters. The number of methoxy groups -OCH3 is 1. The number of rotatable bonds is 6. The van der Waals surface area contributed by atoms with Gasteiger partial charge in [0.2, 0.25) is 0 Å². The average Bonchev–Trinajstić information content (AvgIpc) is 3.03. The van der Waals surface area contributed by atoms with Gasteiger partial charge in [-0.3, -0.25) is 16.0 Å². The molecule has 0 amide bonds. The molecule has 5 nitrogen and oxygen atoms in total. The molecule has 1 aromatic heterocycles.